The molecule has 1 heterocycles. The molecule has 0 radical (unpaired) electrons. The first kappa shape index (κ1) is 13.3. The predicted molar refractivity (Wildman–Crippen MR) is 73.8 cm³/mol. The summed E-state index contributed by atoms with van der Waals surface area (Å²) >= 11 is 5.98. The molecule has 18 heavy (non-hydrogen) atoms. The number of aromatic nitrogens is 1. The minimum Gasteiger partial charge on any atom is -0.323 e. The molecule has 1 saturated carbocycles. The second-order valence-electron chi connectivity index (χ2n) is 5.03. The zero-order valence-electron chi connectivity index (χ0n) is 10.7. The van der Waals surface area contributed by atoms with Crippen molar-refractivity contribution in [2.45, 2.75) is 45.4 Å². The van der Waals surface area contributed by atoms with Crippen LogP contribution in [0.25, 0.3) is 0 Å². The van der Waals surface area contributed by atoms with Crippen LogP contribution in [0.4, 0.5) is 5.69 Å². The minimum atomic E-state index is 0.0416. The third-order valence-corrected chi connectivity index (χ3v) is 3.92. The van der Waals surface area contributed by atoms with Gasteiger partial charge in [0.15, 0.2) is 5.15 Å². The van der Waals surface area contributed by atoms with Crippen LogP contribution in [0.15, 0.2) is 12.3 Å². The van der Waals surface area contributed by atoms with Crippen molar-refractivity contribution in [3.63, 3.8) is 0 Å². The van der Waals surface area contributed by atoms with Gasteiger partial charge in [0.05, 0.1) is 5.69 Å². The van der Waals surface area contributed by atoms with Crippen LogP contribution in [0.2, 0.25) is 5.15 Å². The van der Waals surface area contributed by atoms with Gasteiger partial charge < -0.3 is 5.32 Å². The van der Waals surface area contributed by atoms with Crippen LogP contribution in [0, 0.1) is 12.8 Å². The van der Waals surface area contributed by atoms with Gasteiger partial charge in [-0.3, -0.25) is 4.79 Å². The van der Waals surface area contributed by atoms with E-state index in [0.717, 1.165) is 17.9 Å². The van der Waals surface area contributed by atoms with Crippen molar-refractivity contribution in [3.8, 4) is 0 Å². The summed E-state index contributed by atoms with van der Waals surface area (Å²) in [5, 5.41) is 3.23. The van der Waals surface area contributed by atoms with Crippen LogP contribution >= 0.6 is 11.6 Å². The van der Waals surface area contributed by atoms with Gasteiger partial charge in [-0.25, -0.2) is 4.98 Å². The molecule has 0 spiro atoms. The number of rotatable bonds is 4. The van der Waals surface area contributed by atoms with E-state index in [-0.39, 0.29) is 5.91 Å². The van der Waals surface area contributed by atoms with Gasteiger partial charge in [0.1, 0.15) is 0 Å². The van der Waals surface area contributed by atoms with E-state index in [1.165, 1.54) is 25.7 Å². The molecule has 2 rings (SSSR count). The summed E-state index contributed by atoms with van der Waals surface area (Å²) in [5.41, 5.74) is 1.60. The fourth-order valence-corrected chi connectivity index (χ4v) is 2.76. The number of carbonyl (C=O) groups is 1. The van der Waals surface area contributed by atoms with Gasteiger partial charge in [-0.15, -0.1) is 0 Å². The Morgan fingerprint density at radius 1 is 1.50 bits per heavy atom. The van der Waals surface area contributed by atoms with Gasteiger partial charge in [-0.1, -0.05) is 37.3 Å². The van der Waals surface area contributed by atoms with Crippen LogP contribution in [-0.2, 0) is 4.79 Å². The van der Waals surface area contributed by atoms with Crippen molar-refractivity contribution in [1.29, 1.82) is 0 Å². The molecule has 1 aromatic heterocycles. The molecule has 0 aliphatic heterocycles. The molecule has 1 aliphatic carbocycles. The Labute approximate surface area is 113 Å². The number of anilines is 1. The van der Waals surface area contributed by atoms with Crippen molar-refractivity contribution in [3.05, 3.63) is 23.0 Å². The second-order valence-corrected chi connectivity index (χ2v) is 5.39. The molecule has 1 N–H and O–H groups in total. The molecule has 0 aromatic carbocycles. The first-order valence-corrected chi connectivity index (χ1v) is 6.95. The van der Waals surface area contributed by atoms with Crippen molar-refractivity contribution < 1.29 is 4.79 Å². The molecule has 4 heteroatoms. The normalized spacial score (nSPS) is 15.9. The standard InChI is InChI=1S/C14H19ClN2O/c1-10-8-9-16-14(15)13(10)17-12(18)7-6-11-4-2-3-5-11/h8-9,11H,2-7H2,1H3,(H,17,18). The zero-order chi connectivity index (χ0) is 13.0. The predicted octanol–water partition coefficient (Wildman–Crippen LogP) is 3.95. The van der Waals surface area contributed by atoms with Crippen molar-refractivity contribution in [2.24, 2.45) is 5.92 Å². The third kappa shape index (κ3) is 3.45. The lowest BCUT2D eigenvalue weighted by molar-refractivity contribution is -0.116. The topological polar surface area (TPSA) is 42.0 Å². The van der Waals surface area contributed by atoms with Crippen LogP contribution in [0.5, 0.6) is 0 Å². The quantitative estimate of drug-likeness (QED) is 0.839. The highest BCUT2D eigenvalue weighted by atomic mass is 35.5. The summed E-state index contributed by atoms with van der Waals surface area (Å²) in [7, 11) is 0. The summed E-state index contributed by atoms with van der Waals surface area (Å²) in [6.45, 7) is 1.92. The number of nitrogens with zero attached hydrogens (tertiary/aromatic N) is 1. The molecule has 1 aliphatic rings. The lowest BCUT2D eigenvalue weighted by Crippen LogP contribution is -2.14. The van der Waals surface area contributed by atoms with E-state index in [2.05, 4.69) is 10.3 Å². The first-order chi connectivity index (χ1) is 8.66. The fraction of sp³-hybridized carbons (Fsp3) is 0.571. The summed E-state index contributed by atoms with van der Waals surface area (Å²) < 4.78 is 0. The third-order valence-electron chi connectivity index (χ3n) is 3.63. The van der Waals surface area contributed by atoms with Crippen LogP contribution in [0.1, 0.15) is 44.1 Å². The average Bonchev–Trinajstić information content (AvgIpc) is 2.84. The van der Waals surface area contributed by atoms with Gasteiger partial charge in [0.2, 0.25) is 5.91 Å². The average molecular weight is 267 g/mol. The van der Waals surface area contributed by atoms with Crippen LogP contribution < -0.4 is 5.32 Å². The zero-order valence-corrected chi connectivity index (χ0v) is 11.5. The summed E-state index contributed by atoms with van der Waals surface area (Å²) in [6, 6.07) is 1.85. The van der Waals surface area contributed by atoms with E-state index < -0.39 is 0 Å². The summed E-state index contributed by atoms with van der Waals surface area (Å²) in [6.07, 6.45) is 8.41. The first-order valence-electron chi connectivity index (χ1n) is 6.58. The lowest BCUT2D eigenvalue weighted by atomic mass is 10.0. The number of amides is 1. The molecule has 0 atom stereocenters. The minimum absolute atomic E-state index is 0.0416. The Morgan fingerprint density at radius 2 is 2.22 bits per heavy atom. The van der Waals surface area contributed by atoms with E-state index in [1.807, 2.05) is 13.0 Å². The molecule has 1 aromatic rings. The SMILES string of the molecule is Cc1ccnc(Cl)c1NC(=O)CCC1CCCC1. The van der Waals surface area contributed by atoms with Gasteiger partial charge >= 0.3 is 0 Å². The molecule has 0 saturated heterocycles. The fourth-order valence-electron chi connectivity index (χ4n) is 2.51. The van der Waals surface area contributed by atoms with Crippen LogP contribution in [-0.4, -0.2) is 10.9 Å². The number of pyridine rings is 1. The molecule has 98 valence electrons. The van der Waals surface area contributed by atoms with Gasteiger partial charge in [-0.2, -0.15) is 0 Å². The second kappa shape index (κ2) is 6.19. The van der Waals surface area contributed by atoms with E-state index >= 15 is 0 Å². The van der Waals surface area contributed by atoms with Gasteiger partial charge in [0, 0.05) is 12.6 Å². The van der Waals surface area contributed by atoms with Gasteiger partial charge in [0.25, 0.3) is 0 Å². The highest BCUT2D eigenvalue weighted by Gasteiger charge is 2.17. The van der Waals surface area contributed by atoms with Crippen molar-refractivity contribution in [2.75, 3.05) is 5.32 Å². The Kier molecular flexibility index (Phi) is 4.59. The van der Waals surface area contributed by atoms with Gasteiger partial charge in [-0.05, 0) is 30.9 Å². The van der Waals surface area contributed by atoms with E-state index in [9.17, 15) is 4.79 Å². The largest absolute Gasteiger partial charge is 0.323 e. The Balaban J connectivity index is 1.86. The number of halogens is 1. The monoisotopic (exact) mass is 266 g/mol. The van der Waals surface area contributed by atoms with Crippen molar-refractivity contribution in [1.82, 2.24) is 4.98 Å². The molecule has 3 nitrogen and oxygen atoms in total. The molecule has 1 amide bonds. The summed E-state index contributed by atoms with van der Waals surface area (Å²) in [4.78, 5) is 15.9. The highest BCUT2D eigenvalue weighted by Crippen LogP contribution is 2.29. The molecule has 0 unspecified atom stereocenters. The number of hydrogen-bond acceptors (Lipinski definition) is 2. The number of aryl methyl sites for hydroxylation is 1. The number of nitrogens with one attached hydrogen (secondary N) is 1. The molecular weight excluding hydrogens is 248 g/mol. The Morgan fingerprint density at radius 3 is 2.89 bits per heavy atom. The Bertz CT molecular complexity index is 408. The van der Waals surface area contributed by atoms with Crippen molar-refractivity contribution >= 4 is 23.2 Å². The maximum absolute atomic E-state index is 11.9. The maximum atomic E-state index is 11.9. The van der Waals surface area contributed by atoms with E-state index in [4.69, 9.17) is 11.6 Å². The number of hydrogen-bond donors (Lipinski definition) is 1. The van der Waals surface area contributed by atoms with E-state index in [1.54, 1.807) is 6.20 Å². The van der Waals surface area contributed by atoms with Crippen LogP contribution in [0.3, 0.4) is 0 Å². The molecular formula is C14H19ClN2O. The lowest BCUT2D eigenvalue weighted by Gasteiger charge is -2.11. The summed E-state index contributed by atoms with van der Waals surface area (Å²) in [5.74, 6) is 0.779. The maximum Gasteiger partial charge on any atom is 0.224 e. The Hall–Kier alpha value is -1.09. The number of carbonyl (C=O) groups excluding carboxylic acids is 1. The van der Waals surface area contributed by atoms with E-state index in [0.29, 0.717) is 17.3 Å². The highest BCUT2D eigenvalue weighted by molar-refractivity contribution is 6.32. The molecule has 1 fully saturated rings. The molecule has 0 bridgehead atoms. The smallest absolute Gasteiger partial charge is 0.224 e.